The Labute approximate surface area is 73.7 Å². The summed E-state index contributed by atoms with van der Waals surface area (Å²) >= 11 is 16.8. The average Bonchev–Trinajstić information content (AvgIpc) is 2.11. The van der Waals surface area contributed by atoms with E-state index in [0.717, 1.165) is 0 Å². The van der Waals surface area contributed by atoms with E-state index in [4.69, 9.17) is 34.8 Å². The average molecular weight is 199 g/mol. The molecule has 0 bridgehead atoms. The number of hydrogen-bond acceptors (Lipinski definition) is 1. The first-order valence-corrected chi connectivity index (χ1v) is 3.83. The van der Waals surface area contributed by atoms with Gasteiger partial charge in [0.2, 0.25) is 0 Å². The van der Waals surface area contributed by atoms with E-state index in [1.165, 1.54) is 6.20 Å². The zero-order valence-electron chi connectivity index (χ0n) is 5.18. The van der Waals surface area contributed by atoms with Gasteiger partial charge in [-0.3, -0.25) is 4.68 Å². The fourth-order valence-corrected chi connectivity index (χ4v) is 1.57. The van der Waals surface area contributed by atoms with Gasteiger partial charge in [-0.05, 0) is 0 Å². The molecule has 0 atom stereocenters. The highest BCUT2D eigenvalue weighted by Crippen LogP contribution is 2.29. The molecule has 2 nitrogen and oxygen atoms in total. The molecule has 0 N–H and O–H groups in total. The van der Waals surface area contributed by atoms with E-state index in [1.54, 1.807) is 11.7 Å². The van der Waals surface area contributed by atoms with E-state index < -0.39 is 4.84 Å². The number of aryl methyl sites for hydroxylation is 1. The van der Waals surface area contributed by atoms with Crippen LogP contribution in [0.1, 0.15) is 10.5 Å². The van der Waals surface area contributed by atoms with Crippen LogP contribution in [0.15, 0.2) is 6.20 Å². The predicted octanol–water partition coefficient (Wildman–Crippen LogP) is 2.55. The second kappa shape index (κ2) is 2.99. The second-order valence-corrected chi connectivity index (χ2v) is 3.31. The molecule has 0 aliphatic heterocycles. The molecule has 56 valence electrons. The maximum Gasteiger partial charge on any atom is 0.150 e. The second-order valence-electron chi connectivity index (χ2n) is 1.80. The molecule has 1 rings (SSSR count). The summed E-state index contributed by atoms with van der Waals surface area (Å²) in [5.74, 6) is 0. The third-order valence-electron chi connectivity index (χ3n) is 1.14. The summed E-state index contributed by atoms with van der Waals surface area (Å²) in [5.41, 5.74) is 0.630. The maximum absolute atomic E-state index is 5.69. The molecule has 0 saturated heterocycles. The lowest BCUT2D eigenvalue weighted by molar-refractivity contribution is 0.731. The van der Waals surface area contributed by atoms with Gasteiger partial charge in [0.25, 0.3) is 0 Å². The van der Waals surface area contributed by atoms with Gasteiger partial charge >= 0.3 is 0 Å². The van der Waals surface area contributed by atoms with Crippen molar-refractivity contribution in [1.82, 2.24) is 9.78 Å². The van der Waals surface area contributed by atoms with E-state index in [2.05, 4.69) is 5.10 Å². The van der Waals surface area contributed by atoms with Crippen molar-refractivity contribution in [2.24, 2.45) is 7.05 Å². The highest BCUT2D eigenvalue weighted by Gasteiger charge is 2.12. The van der Waals surface area contributed by atoms with E-state index in [-0.39, 0.29) is 0 Å². The molecule has 0 aliphatic rings. The van der Waals surface area contributed by atoms with Crippen molar-refractivity contribution < 1.29 is 0 Å². The van der Waals surface area contributed by atoms with E-state index in [1.807, 2.05) is 0 Å². The Balaban J connectivity index is 3.10. The van der Waals surface area contributed by atoms with Crippen molar-refractivity contribution in [2.45, 2.75) is 4.84 Å². The number of aromatic nitrogens is 2. The molecule has 1 aromatic heterocycles. The van der Waals surface area contributed by atoms with Crippen LogP contribution in [0.3, 0.4) is 0 Å². The van der Waals surface area contributed by atoms with Gasteiger partial charge in [0, 0.05) is 7.05 Å². The molecule has 0 saturated carbocycles. The minimum absolute atomic E-state index is 0.498. The lowest BCUT2D eigenvalue weighted by atomic mass is 10.5. The number of alkyl halides is 2. The van der Waals surface area contributed by atoms with Gasteiger partial charge in [-0.2, -0.15) is 5.10 Å². The Morgan fingerprint density at radius 3 is 2.40 bits per heavy atom. The zero-order valence-corrected chi connectivity index (χ0v) is 7.45. The first-order chi connectivity index (χ1) is 4.63. The Morgan fingerprint density at radius 2 is 2.20 bits per heavy atom. The molecule has 1 aromatic rings. The van der Waals surface area contributed by atoms with Crippen LogP contribution in [0.4, 0.5) is 0 Å². The van der Waals surface area contributed by atoms with Crippen molar-refractivity contribution in [3.05, 3.63) is 16.9 Å². The Morgan fingerprint density at radius 1 is 1.60 bits per heavy atom. The van der Waals surface area contributed by atoms with Crippen LogP contribution >= 0.6 is 34.8 Å². The molecule has 0 fully saturated rings. The maximum atomic E-state index is 5.69. The van der Waals surface area contributed by atoms with E-state index >= 15 is 0 Å². The molecule has 5 heteroatoms. The molecule has 0 spiro atoms. The molecule has 0 amide bonds. The molecule has 0 aliphatic carbocycles. The van der Waals surface area contributed by atoms with Gasteiger partial charge in [0.05, 0.1) is 16.9 Å². The normalized spacial score (nSPS) is 10.9. The standard InChI is InChI=1S/C5H5Cl3N2/c1-10-4(5(7)8)3(6)2-9-10/h2,5H,1H3. The largest absolute Gasteiger partial charge is 0.268 e. The highest BCUT2D eigenvalue weighted by molar-refractivity contribution is 6.45. The van der Waals surface area contributed by atoms with Gasteiger partial charge < -0.3 is 0 Å². The van der Waals surface area contributed by atoms with Crippen LogP contribution in [-0.4, -0.2) is 9.78 Å². The number of rotatable bonds is 1. The first-order valence-electron chi connectivity index (χ1n) is 2.58. The third kappa shape index (κ3) is 1.39. The SMILES string of the molecule is Cn1ncc(Cl)c1C(Cl)Cl. The Kier molecular flexibility index (Phi) is 2.45. The summed E-state index contributed by atoms with van der Waals surface area (Å²) in [6, 6.07) is 0. The van der Waals surface area contributed by atoms with Crippen LogP contribution in [0, 0.1) is 0 Å². The summed E-state index contributed by atoms with van der Waals surface area (Å²) in [6.07, 6.45) is 1.51. The summed E-state index contributed by atoms with van der Waals surface area (Å²) in [6.45, 7) is 0. The minimum Gasteiger partial charge on any atom is -0.268 e. The summed E-state index contributed by atoms with van der Waals surface area (Å²) in [4.78, 5) is -0.611. The highest BCUT2D eigenvalue weighted by atomic mass is 35.5. The molecule has 0 aromatic carbocycles. The zero-order chi connectivity index (χ0) is 7.72. The van der Waals surface area contributed by atoms with Crippen molar-refractivity contribution in [3.8, 4) is 0 Å². The summed E-state index contributed by atoms with van der Waals surface area (Å²) in [7, 11) is 1.74. The fraction of sp³-hybridized carbons (Fsp3) is 0.400. The van der Waals surface area contributed by atoms with Crippen molar-refractivity contribution >= 4 is 34.8 Å². The van der Waals surface area contributed by atoms with E-state index in [0.29, 0.717) is 10.7 Å². The quantitative estimate of drug-likeness (QED) is 0.636. The Hall–Kier alpha value is 0.0800. The third-order valence-corrected chi connectivity index (χ3v) is 1.85. The van der Waals surface area contributed by atoms with Crippen LogP contribution in [0.5, 0.6) is 0 Å². The van der Waals surface area contributed by atoms with Crippen LogP contribution in [0.25, 0.3) is 0 Å². The van der Waals surface area contributed by atoms with Gasteiger partial charge in [-0.1, -0.05) is 34.8 Å². The monoisotopic (exact) mass is 198 g/mol. The van der Waals surface area contributed by atoms with Gasteiger partial charge in [-0.15, -0.1) is 0 Å². The van der Waals surface area contributed by atoms with Crippen molar-refractivity contribution in [3.63, 3.8) is 0 Å². The molecular weight excluding hydrogens is 194 g/mol. The number of nitrogens with zero attached hydrogens (tertiary/aromatic N) is 2. The molecular formula is C5H5Cl3N2. The molecule has 10 heavy (non-hydrogen) atoms. The number of halogens is 3. The van der Waals surface area contributed by atoms with Gasteiger partial charge in [0.15, 0.2) is 4.84 Å². The van der Waals surface area contributed by atoms with Crippen LogP contribution in [-0.2, 0) is 7.05 Å². The van der Waals surface area contributed by atoms with Gasteiger partial charge in [-0.25, -0.2) is 0 Å². The molecule has 1 heterocycles. The van der Waals surface area contributed by atoms with Crippen molar-refractivity contribution in [1.29, 1.82) is 0 Å². The van der Waals surface area contributed by atoms with Crippen molar-refractivity contribution in [2.75, 3.05) is 0 Å². The number of hydrogen-bond donors (Lipinski definition) is 0. The summed E-state index contributed by atoms with van der Waals surface area (Å²) in [5, 5.41) is 4.35. The lowest BCUT2D eigenvalue weighted by Gasteiger charge is -2.00. The van der Waals surface area contributed by atoms with Crippen LogP contribution < -0.4 is 0 Å². The molecule has 0 radical (unpaired) electrons. The first kappa shape index (κ1) is 8.18. The Bertz CT molecular complexity index is 211. The van der Waals surface area contributed by atoms with E-state index in [9.17, 15) is 0 Å². The lowest BCUT2D eigenvalue weighted by Crippen LogP contribution is -1.96. The smallest absolute Gasteiger partial charge is 0.150 e. The fourth-order valence-electron chi connectivity index (χ4n) is 0.666. The van der Waals surface area contributed by atoms with Gasteiger partial charge in [0.1, 0.15) is 0 Å². The minimum atomic E-state index is -0.611. The topological polar surface area (TPSA) is 17.8 Å². The predicted molar refractivity (Wildman–Crippen MR) is 42.7 cm³/mol. The van der Waals surface area contributed by atoms with Crippen LogP contribution in [0.2, 0.25) is 5.02 Å². The molecule has 0 unspecified atom stereocenters. The summed E-state index contributed by atoms with van der Waals surface area (Å²) < 4.78 is 1.55.